The Bertz CT molecular complexity index is 105. The standard InChI is InChI=1S/C9H17N/c1-4-6-9(3)8-10-7-5-2/h5,10H,2-4,6-8H2,1H3. The molecule has 0 heterocycles. The van der Waals surface area contributed by atoms with Crippen molar-refractivity contribution in [3.8, 4) is 0 Å². The molecule has 0 rings (SSSR count). The van der Waals surface area contributed by atoms with Crippen LogP contribution >= 0.6 is 0 Å². The maximum absolute atomic E-state index is 3.92. The van der Waals surface area contributed by atoms with Crippen LogP contribution in [0.25, 0.3) is 0 Å². The van der Waals surface area contributed by atoms with Crippen molar-refractivity contribution in [3.63, 3.8) is 0 Å². The van der Waals surface area contributed by atoms with Crippen molar-refractivity contribution >= 4 is 0 Å². The van der Waals surface area contributed by atoms with E-state index in [2.05, 4.69) is 25.4 Å². The molecule has 0 aliphatic rings. The third-order valence-corrected chi connectivity index (χ3v) is 1.27. The summed E-state index contributed by atoms with van der Waals surface area (Å²) in [7, 11) is 0. The summed E-state index contributed by atoms with van der Waals surface area (Å²) < 4.78 is 0. The van der Waals surface area contributed by atoms with Crippen molar-refractivity contribution in [1.29, 1.82) is 0 Å². The van der Waals surface area contributed by atoms with Crippen molar-refractivity contribution in [1.82, 2.24) is 5.32 Å². The van der Waals surface area contributed by atoms with Crippen LogP contribution in [0.4, 0.5) is 0 Å². The molecule has 58 valence electrons. The Labute approximate surface area is 63.8 Å². The first-order valence-corrected chi connectivity index (χ1v) is 3.79. The van der Waals surface area contributed by atoms with Gasteiger partial charge in [-0.3, -0.25) is 0 Å². The predicted molar refractivity (Wildman–Crippen MR) is 47.1 cm³/mol. The molecule has 0 saturated carbocycles. The van der Waals surface area contributed by atoms with Gasteiger partial charge in [0.2, 0.25) is 0 Å². The molecule has 0 amide bonds. The lowest BCUT2D eigenvalue weighted by Crippen LogP contribution is -2.16. The fourth-order valence-electron chi connectivity index (χ4n) is 0.793. The molecule has 0 aromatic carbocycles. The zero-order valence-corrected chi connectivity index (χ0v) is 6.82. The summed E-state index contributed by atoms with van der Waals surface area (Å²) >= 11 is 0. The predicted octanol–water partition coefficient (Wildman–Crippen LogP) is 2.12. The topological polar surface area (TPSA) is 12.0 Å². The van der Waals surface area contributed by atoms with Crippen LogP contribution in [-0.2, 0) is 0 Å². The molecule has 0 saturated heterocycles. The van der Waals surface area contributed by atoms with Crippen LogP contribution in [-0.4, -0.2) is 13.1 Å². The van der Waals surface area contributed by atoms with Crippen LogP contribution in [0.1, 0.15) is 19.8 Å². The van der Waals surface area contributed by atoms with Crippen LogP contribution in [0.3, 0.4) is 0 Å². The van der Waals surface area contributed by atoms with E-state index in [1.165, 1.54) is 12.0 Å². The van der Waals surface area contributed by atoms with Gasteiger partial charge >= 0.3 is 0 Å². The third-order valence-electron chi connectivity index (χ3n) is 1.27. The van der Waals surface area contributed by atoms with Crippen LogP contribution < -0.4 is 5.32 Å². The van der Waals surface area contributed by atoms with Crippen molar-refractivity contribution < 1.29 is 0 Å². The van der Waals surface area contributed by atoms with Crippen molar-refractivity contribution in [2.75, 3.05) is 13.1 Å². The van der Waals surface area contributed by atoms with E-state index in [-0.39, 0.29) is 0 Å². The van der Waals surface area contributed by atoms with E-state index in [0.717, 1.165) is 19.5 Å². The lowest BCUT2D eigenvalue weighted by molar-refractivity contribution is 0.768. The minimum Gasteiger partial charge on any atom is -0.310 e. The Morgan fingerprint density at radius 2 is 2.30 bits per heavy atom. The van der Waals surface area contributed by atoms with Crippen molar-refractivity contribution in [2.24, 2.45) is 0 Å². The minimum absolute atomic E-state index is 0.878. The molecular weight excluding hydrogens is 122 g/mol. The second-order valence-electron chi connectivity index (χ2n) is 2.42. The summed E-state index contributed by atoms with van der Waals surface area (Å²) in [5.74, 6) is 0. The maximum atomic E-state index is 3.92. The van der Waals surface area contributed by atoms with Gasteiger partial charge < -0.3 is 5.32 Å². The highest BCUT2D eigenvalue weighted by molar-refractivity contribution is 4.96. The Hall–Kier alpha value is -0.560. The monoisotopic (exact) mass is 139 g/mol. The molecule has 0 bridgehead atoms. The van der Waals surface area contributed by atoms with Gasteiger partial charge in [-0.05, 0) is 6.42 Å². The van der Waals surface area contributed by atoms with Gasteiger partial charge in [0.1, 0.15) is 0 Å². The second kappa shape index (κ2) is 6.56. The first kappa shape index (κ1) is 9.44. The van der Waals surface area contributed by atoms with Crippen LogP contribution in [0.15, 0.2) is 24.8 Å². The van der Waals surface area contributed by atoms with Gasteiger partial charge in [-0.25, -0.2) is 0 Å². The molecular formula is C9H17N. The molecule has 0 aromatic rings. The Balaban J connectivity index is 3.13. The molecule has 1 heteroatoms. The maximum Gasteiger partial charge on any atom is 0.0164 e. The van der Waals surface area contributed by atoms with Gasteiger partial charge in [-0.2, -0.15) is 0 Å². The number of rotatable bonds is 6. The van der Waals surface area contributed by atoms with E-state index in [1.807, 2.05) is 6.08 Å². The molecule has 0 spiro atoms. The molecule has 0 unspecified atom stereocenters. The van der Waals surface area contributed by atoms with Crippen LogP contribution in [0, 0.1) is 0 Å². The lowest BCUT2D eigenvalue weighted by atomic mass is 10.2. The highest BCUT2D eigenvalue weighted by Crippen LogP contribution is 1.98. The molecule has 1 N–H and O–H groups in total. The molecule has 0 radical (unpaired) electrons. The molecule has 0 fully saturated rings. The Morgan fingerprint density at radius 3 is 2.80 bits per heavy atom. The summed E-state index contributed by atoms with van der Waals surface area (Å²) in [6, 6.07) is 0. The van der Waals surface area contributed by atoms with E-state index in [1.54, 1.807) is 0 Å². The van der Waals surface area contributed by atoms with Gasteiger partial charge in [-0.15, -0.1) is 6.58 Å². The minimum atomic E-state index is 0.878. The van der Waals surface area contributed by atoms with E-state index in [0.29, 0.717) is 0 Å². The van der Waals surface area contributed by atoms with Crippen molar-refractivity contribution in [3.05, 3.63) is 24.8 Å². The van der Waals surface area contributed by atoms with Gasteiger partial charge in [-0.1, -0.05) is 31.6 Å². The molecule has 1 nitrogen and oxygen atoms in total. The van der Waals surface area contributed by atoms with Gasteiger partial charge in [0.15, 0.2) is 0 Å². The normalized spacial score (nSPS) is 9.30. The summed E-state index contributed by atoms with van der Waals surface area (Å²) in [4.78, 5) is 0. The molecule has 10 heavy (non-hydrogen) atoms. The zero-order chi connectivity index (χ0) is 7.82. The lowest BCUT2D eigenvalue weighted by Gasteiger charge is -2.02. The average molecular weight is 139 g/mol. The largest absolute Gasteiger partial charge is 0.310 e. The molecule has 0 aliphatic carbocycles. The summed E-state index contributed by atoms with van der Waals surface area (Å²) in [6.07, 6.45) is 4.18. The Kier molecular flexibility index (Phi) is 6.19. The van der Waals surface area contributed by atoms with Gasteiger partial charge in [0, 0.05) is 13.1 Å². The number of hydrogen-bond donors (Lipinski definition) is 1. The SMILES string of the molecule is C=CCNCC(=C)CCC. The third kappa shape index (κ3) is 5.57. The van der Waals surface area contributed by atoms with Crippen LogP contribution in [0.5, 0.6) is 0 Å². The first-order valence-electron chi connectivity index (χ1n) is 3.79. The van der Waals surface area contributed by atoms with E-state index in [9.17, 15) is 0 Å². The first-order chi connectivity index (χ1) is 4.81. The number of hydrogen-bond acceptors (Lipinski definition) is 1. The Morgan fingerprint density at radius 1 is 1.60 bits per heavy atom. The van der Waals surface area contributed by atoms with Gasteiger partial charge in [0.05, 0.1) is 0 Å². The quantitative estimate of drug-likeness (QED) is 0.439. The van der Waals surface area contributed by atoms with Crippen LogP contribution in [0.2, 0.25) is 0 Å². The fraction of sp³-hybridized carbons (Fsp3) is 0.556. The zero-order valence-electron chi connectivity index (χ0n) is 6.82. The number of nitrogens with one attached hydrogen (secondary N) is 1. The summed E-state index contributed by atoms with van der Waals surface area (Å²) in [6.45, 7) is 11.5. The second-order valence-corrected chi connectivity index (χ2v) is 2.42. The van der Waals surface area contributed by atoms with Crippen molar-refractivity contribution in [2.45, 2.75) is 19.8 Å². The summed E-state index contributed by atoms with van der Waals surface area (Å²) in [5.41, 5.74) is 1.28. The van der Waals surface area contributed by atoms with E-state index < -0.39 is 0 Å². The fourth-order valence-corrected chi connectivity index (χ4v) is 0.793. The highest BCUT2D eigenvalue weighted by atomic mass is 14.8. The highest BCUT2D eigenvalue weighted by Gasteiger charge is 1.89. The van der Waals surface area contributed by atoms with E-state index >= 15 is 0 Å². The molecule has 0 atom stereocenters. The molecule has 0 aromatic heterocycles. The molecule has 0 aliphatic heterocycles. The smallest absolute Gasteiger partial charge is 0.0164 e. The van der Waals surface area contributed by atoms with Gasteiger partial charge in [0.25, 0.3) is 0 Å². The van der Waals surface area contributed by atoms with E-state index in [4.69, 9.17) is 0 Å². The summed E-state index contributed by atoms with van der Waals surface area (Å²) in [5, 5.41) is 3.20. The average Bonchev–Trinajstić information content (AvgIpc) is 1.89.